The number of hydrogen-bond donors (Lipinski definition) is 2. The average Bonchev–Trinajstić information content (AvgIpc) is 3.05. The minimum absolute atomic E-state index is 0.121. The van der Waals surface area contributed by atoms with Crippen LogP contribution >= 0.6 is 11.3 Å². The number of nitrogens with one attached hydrogen (secondary N) is 2. The molecule has 2 aromatic rings. The van der Waals surface area contributed by atoms with Crippen LogP contribution in [-0.2, 0) is 16.6 Å². The second-order valence-electron chi connectivity index (χ2n) is 4.00. The minimum atomic E-state index is -3.64. The summed E-state index contributed by atoms with van der Waals surface area (Å²) in [6, 6.07) is 0. The van der Waals surface area contributed by atoms with E-state index in [4.69, 9.17) is 0 Å². The van der Waals surface area contributed by atoms with E-state index in [1.165, 1.54) is 17.9 Å². The van der Waals surface area contributed by atoms with E-state index in [1.54, 1.807) is 4.68 Å². The van der Waals surface area contributed by atoms with E-state index < -0.39 is 10.0 Å². The van der Waals surface area contributed by atoms with Gasteiger partial charge in [-0.3, -0.25) is 9.40 Å². The lowest BCUT2D eigenvalue weighted by molar-refractivity contribution is 0.549. The summed E-state index contributed by atoms with van der Waals surface area (Å²) in [5.41, 5.74) is 1.46. The van der Waals surface area contributed by atoms with Crippen LogP contribution in [0.2, 0.25) is 0 Å². The topological polar surface area (TPSA) is 102 Å². The summed E-state index contributed by atoms with van der Waals surface area (Å²) in [5, 5.41) is 14.7. The molecular formula is C10H16N6O2S2. The molecule has 0 radical (unpaired) electrons. The average molecular weight is 316 g/mol. The maximum Gasteiger partial charge on any atom is 0.266 e. The zero-order valence-corrected chi connectivity index (χ0v) is 12.6. The summed E-state index contributed by atoms with van der Waals surface area (Å²) in [4.78, 5) is 0.121. The van der Waals surface area contributed by atoms with Crippen LogP contribution in [0.15, 0.2) is 22.8 Å². The van der Waals surface area contributed by atoms with Gasteiger partial charge in [0.15, 0.2) is 0 Å². The largest absolute Gasteiger partial charge is 0.317 e. The zero-order chi connectivity index (χ0) is 14.4. The fourth-order valence-electron chi connectivity index (χ4n) is 1.54. The van der Waals surface area contributed by atoms with Gasteiger partial charge in [0.25, 0.3) is 10.0 Å². The van der Waals surface area contributed by atoms with Crippen molar-refractivity contribution in [2.45, 2.75) is 24.8 Å². The van der Waals surface area contributed by atoms with Crippen molar-refractivity contribution in [3.05, 3.63) is 17.9 Å². The van der Waals surface area contributed by atoms with Crippen molar-refractivity contribution in [2.24, 2.45) is 0 Å². The number of rotatable bonds is 8. The molecule has 8 nitrogen and oxygen atoms in total. The van der Waals surface area contributed by atoms with Crippen molar-refractivity contribution >= 4 is 26.5 Å². The molecule has 10 heteroatoms. The van der Waals surface area contributed by atoms with Gasteiger partial charge in [-0.2, -0.15) is 5.10 Å². The fraction of sp³-hybridized carbons (Fsp3) is 0.500. The number of hydrogen-bond acceptors (Lipinski definition) is 7. The lowest BCUT2D eigenvalue weighted by Gasteiger charge is -2.02. The Hall–Kier alpha value is -1.52. The van der Waals surface area contributed by atoms with E-state index in [0.717, 1.165) is 30.8 Å². The normalized spacial score (nSPS) is 11.7. The second-order valence-corrected chi connectivity index (χ2v) is 6.51. The van der Waals surface area contributed by atoms with Gasteiger partial charge in [0.1, 0.15) is 10.4 Å². The van der Waals surface area contributed by atoms with Gasteiger partial charge in [-0.25, -0.2) is 8.42 Å². The van der Waals surface area contributed by atoms with Gasteiger partial charge in [0.2, 0.25) is 5.13 Å². The molecule has 0 spiro atoms. The van der Waals surface area contributed by atoms with Gasteiger partial charge < -0.3 is 5.32 Å². The minimum Gasteiger partial charge on any atom is -0.317 e. The first-order chi connectivity index (χ1) is 9.62. The Morgan fingerprint density at radius 1 is 1.45 bits per heavy atom. The fourth-order valence-corrected chi connectivity index (χ4v) is 3.18. The van der Waals surface area contributed by atoms with Crippen molar-refractivity contribution in [3.63, 3.8) is 0 Å². The Balaban J connectivity index is 1.97. The summed E-state index contributed by atoms with van der Waals surface area (Å²) in [7, 11) is -3.64. The molecule has 0 aliphatic carbocycles. The van der Waals surface area contributed by atoms with E-state index in [0.29, 0.717) is 6.54 Å². The van der Waals surface area contributed by atoms with E-state index in [9.17, 15) is 8.42 Å². The summed E-state index contributed by atoms with van der Waals surface area (Å²) in [6.45, 7) is 4.50. The molecule has 0 fully saturated rings. The number of aryl methyl sites for hydroxylation is 1. The lowest BCUT2D eigenvalue weighted by atomic mass is 10.4. The lowest BCUT2D eigenvalue weighted by Crippen LogP contribution is -2.16. The van der Waals surface area contributed by atoms with Crippen LogP contribution in [0.25, 0.3) is 0 Å². The van der Waals surface area contributed by atoms with Gasteiger partial charge in [-0.05, 0) is 19.5 Å². The van der Waals surface area contributed by atoms with Crippen LogP contribution in [0, 0.1) is 0 Å². The highest BCUT2D eigenvalue weighted by Gasteiger charge is 2.17. The Bertz CT molecular complexity index is 622. The molecule has 0 aliphatic rings. The monoisotopic (exact) mass is 316 g/mol. The van der Waals surface area contributed by atoms with E-state index >= 15 is 0 Å². The SMILES string of the molecule is CCNCCCn1cc(S(=O)(=O)Nc2nncs2)cn1. The van der Waals surface area contributed by atoms with E-state index in [-0.39, 0.29) is 10.0 Å². The first kappa shape index (κ1) is 14.9. The molecule has 0 atom stereocenters. The highest BCUT2D eigenvalue weighted by Crippen LogP contribution is 2.16. The van der Waals surface area contributed by atoms with Gasteiger partial charge in [-0.1, -0.05) is 18.3 Å². The zero-order valence-electron chi connectivity index (χ0n) is 11.0. The Morgan fingerprint density at radius 2 is 2.30 bits per heavy atom. The highest BCUT2D eigenvalue weighted by molar-refractivity contribution is 7.93. The Kier molecular flexibility index (Phi) is 5.04. The van der Waals surface area contributed by atoms with Gasteiger partial charge >= 0.3 is 0 Å². The molecule has 0 saturated heterocycles. The molecule has 20 heavy (non-hydrogen) atoms. The molecule has 2 rings (SSSR count). The molecular weight excluding hydrogens is 300 g/mol. The van der Waals surface area contributed by atoms with Crippen molar-refractivity contribution < 1.29 is 8.42 Å². The van der Waals surface area contributed by atoms with Crippen molar-refractivity contribution in [2.75, 3.05) is 17.8 Å². The second kappa shape index (κ2) is 6.77. The molecule has 0 saturated carbocycles. The summed E-state index contributed by atoms with van der Waals surface area (Å²) in [5.74, 6) is 0. The van der Waals surface area contributed by atoms with Crippen LogP contribution in [0.4, 0.5) is 5.13 Å². The van der Waals surface area contributed by atoms with Crippen LogP contribution in [0.1, 0.15) is 13.3 Å². The van der Waals surface area contributed by atoms with Crippen molar-refractivity contribution in [1.82, 2.24) is 25.3 Å². The standard InChI is InChI=1S/C10H16N6O2S2/c1-2-11-4-3-5-16-7-9(6-13-16)20(17,18)15-10-14-12-8-19-10/h6-8,11H,2-5H2,1H3,(H,14,15). The first-order valence-corrected chi connectivity index (χ1v) is 8.50. The summed E-state index contributed by atoms with van der Waals surface area (Å²) < 4.78 is 28.1. The predicted molar refractivity (Wildman–Crippen MR) is 76.1 cm³/mol. The molecule has 0 bridgehead atoms. The predicted octanol–water partition coefficient (Wildman–Crippen LogP) is 0.535. The van der Waals surface area contributed by atoms with Crippen LogP contribution < -0.4 is 10.0 Å². The number of sulfonamides is 1. The summed E-state index contributed by atoms with van der Waals surface area (Å²) in [6.07, 6.45) is 3.73. The van der Waals surface area contributed by atoms with E-state index in [1.807, 2.05) is 6.92 Å². The van der Waals surface area contributed by atoms with E-state index in [2.05, 4.69) is 25.3 Å². The third kappa shape index (κ3) is 3.99. The van der Waals surface area contributed by atoms with Gasteiger partial charge in [0, 0.05) is 12.7 Å². The molecule has 0 amide bonds. The van der Waals surface area contributed by atoms with Crippen LogP contribution in [0.3, 0.4) is 0 Å². The quantitative estimate of drug-likeness (QED) is 0.689. The third-order valence-electron chi connectivity index (χ3n) is 2.49. The number of nitrogens with zero attached hydrogens (tertiary/aromatic N) is 4. The molecule has 110 valence electrons. The molecule has 2 N–H and O–H groups in total. The maximum atomic E-state index is 12.1. The molecule has 2 heterocycles. The Labute approximate surface area is 121 Å². The Morgan fingerprint density at radius 3 is 3.00 bits per heavy atom. The first-order valence-electron chi connectivity index (χ1n) is 6.14. The smallest absolute Gasteiger partial charge is 0.266 e. The maximum absolute atomic E-state index is 12.1. The van der Waals surface area contributed by atoms with Crippen LogP contribution in [-0.4, -0.2) is 41.5 Å². The van der Waals surface area contributed by atoms with Crippen LogP contribution in [0.5, 0.6) is 0 Å². The number of aromatic nitrogens is 4. The van der Waals surface area contributed by atoms with Crippen molar-refractivity contribution in [1.29, 1.82) is 0 Å². The van der Waals surface area contributed by atoms with Crippen molar-refractivity contribution in [3.8, 4) is 0 Å². The third-order valence-corrected chi connectivity index (χ3v) is 4.52. The molecule has 0 aliphatic heterocycles. The number of anilines is 1. The highest BCUT2D eigenvalue weighted by atomic mass is 32.2. The summed E-state index contributed by atoms with van der Waals surface area (Å²) >= 11 is 1.12. The van der Waals surface area contributed by atoms with Gasteiger partial charge in [0.05, 0.1) is 6.20 Å². The van der Waals surface area contributed by atoms with Gasteiger partial charge in [-0.15, -0.1) is 10.2 Å². The molecule has 2 aromatic heterocycles. The molecule has 0 unspecified atom stereocenters. The molecule has 0 aromatic carbocycles.